The number of allylic oxidation sites excluding steroid dienone is 6. The zero-order valence-corrected chi connectivity index (χ0v) is 30.3. The highest BCUT2D eigenvalue weighted by atomic mass is 15.6. The van der Waals surface area contributed by atoms with Gasteiger partial charge in [0, 0.05) is 28.0 Å². The molecule has 258 valence electrons. The number of aromatic nitrogens is 1. The molecule has 1 N–H and O–H groups in total. The van der Waals surface area contributed by atoms with E-state index < -0.39 is 5.41 Å². The van der Waals surface area contributed by atoms with Gasteiger partial charge in [-0.15, -0.1) is 0 Å². The molecule has 2 nitrogen and oxygen atoms in total. The molecule has 3 atom stereocenters. The number of nitrogens with zero attached hydrogens (tertiary/aromatic N) is 1. The Bertz CT molecular complexity index is 2760. The predicted octanol–water partition coefficient (Wildman–Crippen LogP) is 11.3. The van der Waals surface area contributed by atoms with Crippen molar-refractivity contribution in [3.63, 3.8) is 0 Å². The molecule has 0 radical (unpaired) electrons. The molecule has 3 aliphatic carbocycles. The Balaban J connectivity index is 1.19. The highest BCUT2D eigenvalue weighted by Crippen LogP contribution is 2.58. The van der Waals surface area contributed by atoms with Crippen LogP contribution in [-0.4, -0.2) is 10.7 Å². The summed E-state index contributed by atoms with van der Waals surface area (Å²) < 4.78 is 2.63. The van der Waals surface area contributed by atoms with Crippen molar-refractivity contribution in [1.29, 1.82) is 0 Å². The third kappa shape index (κ3) is 4.57. The van der Waals surface area contributed by atoms with Gasteiger partial charge < -0.3 is 0 Å². The molecule has 11 rings (SSSR count). The minimum atomic E-state index is -0.416. The smallest absolute Gasteiger partial charge is 0.166 e. The molecule has 4 aliphatic rings. The van der Waals surface area contributed by atoms with Gasteiger partial charge in [-0.2, -0.15) is 9.69 Å². The van der Waals surface area contributed by atoms with Crippen molar-refractivity contribution < 1.29 is 5.01 Å². The van der Waals surface area contributed by atoms with Gasteiger partial charge in [-0.05, 0) is 107 Å². The summed E-state index contributed by atoms with van der Waals surface area (Å²) in [5.41, 5.74) is 17.0. The molecule has 2 heteroatoms. The first-order valence-electron chi connectivity index (χ1n) is 19.5. The minimum Gasteiger partial charge on any atom is -0.187 e. The van der Waals surface area contributed by atoms with Crippen LogP contribution in [0.4, 0.5) is 0 Å². The number of rotatable bonds is 6. The molecule has 0 spiro atoms. The van der Waals surface area contributed by atoms with Gasteiger partial charge in [-0.3, -0.25) is 0 Å². The van der Waals surface area contributed by atoms with Crippen molar-refractivity contribution >= 4 is 33.1 Å². The van der Waals surface area contributed by atoms with Crippen LogP contribution in [0.15, 0.2) is 199 Å². The number of nitrogens with one attached hydrogen (secondary N) is 1. The molecule has 1 aliphatic heterocycles. The van der Waals surface area contributed by atoms with Gasteiger partial charge in [0.1, 0.15) is 11.0 Å². The lowest BCUT2D eigenvalue weighted by Gasteiger charge is -2.38. The summed E-state index contributed by atoms with van der Waals surface area (Å²) in [7, 11) is 0. The van der Waals surface area contributed by atoms with Crippen molar-refractivity contribution in [2.45, 2.75) is 37.1 Å². The number of benzene rings is 6. The van der Waals surface area contributed by atoms with Gasteiger partial charge in [0.15, 0.2) is 11.7 Å². The van der Waals surface area contributed by atoms with Gasteiger partial charge >= 0.3 is 0 Å². The van der Waals surface area contributed by atoms with Crippen LogP contribution in [-0.2, 0) is 5.41 Å². The van der Waals surface area contributed by atoms with E-state index in [0.29, 0.717) is 0 Å². The van der Waals surface area contributed by atoms with E-state index in [2.05, 4.69) is 193 Å². The molecule has 7 aromatic rings. The minimum absolute atomic E-state index is 0.173. The van der Waals surface area contributed by atoms with E-state index in [-0.39, 0.29) is 6.04 Å². The van der Waals surface area contributed by atoms with E-state index in [1.165, 1.54) is 88.2 Å². The van der Waals surface area contributed by atoms with Crippen LogP contribution < -0.4 is 5.01 Å². The fraction of sp³-hybridized carbons (Fsp3) is 0.115. The molecule has 3 unspecified atom stereocenters. The first-order valence-corrected chi connectivity index (χ1v) is 19.5. The van der Waals surface area contributed by atoms with Gasteiger partial charge in [-0.1, -0.05) is 146 Å². The van der Waals surface area contributed by atoms with Crippen LogP contribution >= 0.6 is 0 Å². The molecular formula is C52H41N2+. The number of quaternary nitrogens is 1. The molecule has 6 aromatic carbocycles. The van der Waals surface area contributed by atoms with Crippen molar-refractivity contribution in [3.8, 4) is 11.1 Å². The van der Waals surface area contributed by atoms with Crippen molar-refractivity contribution in [3.05, 3.63) is 227 Å². The Morgan fingerprint density at radius 3 is 2.09 bits per heavy atom. The Hall–Kier alpha value is -6.22. The lowest BCUT2D eigenvalue weighted by atomic mass is 9.66. The van der Waals surface area contributed by atoms with Crippen LogP contribution in [0.3, 0.4) is 0 Å². The summed E-state index contributed by atoms with van der Waals surface area (Å²) in [5.74, 6) is 0. The summed E-state index contributed by atoms with van der Waals surface area (Å²) >= 11 is 0. The molecule has 0 fully saturated rings. The molecule has 0 saturated carbocycles. The van der Waals surface area contributed by atoms with E-state index in [1.807, 2.05) is 0 Å². The molecule has 0 amide bonds. The lowest BCUT2D eigenvalue weighted by Crippen LogP contribution is -3.19. The van der Waals surface area contributed by atoms with Gasteiger partial charge in [-0.25, -0.2) is 0 Å². The van der Waals surface area contributed by atoms with Crippen molar-refractivity contribution in [2.24, 2.45) is 0 Å². The topological polar surface area (TPSA) is 9.37 Å². The third-order valence-electron chi connectivity index (χ3n) is 12.3. The average molecular weight is 694 g/mol. The van der Waals surface area contributed by atoms with E-state index in [4.69, 9.17) is 0 Å². The summed E-state index contributed by atoms with van der Waals surface area (Å²) in [5, 5.41) is 3.96. The predicted molar refractivity (Wildman–Crippen MR) is 224 cm³/mol. The summed E-state index contributed by atoms with van der Waals surface area (Å²) in [6, 6.07) is 56.7. The van der Waals surface area contributed by atoms with Gasteiger partial charge in [0.2, 0.25) is 0 Å². The number of fused-ring (bicyclic) bond motifs is 6. The zero-order chi connectivity index (χ0) is 35.6. The molecular weight excluding hydrogens is 653 g/mol. The number of hydrogen-bond acceptors (Lipinski definition) is 0. The zero-order valence-electron chi connectivity index (χ0n) is 30.3. The van der Waals surface area contributed by atoms with E-state index in [9.17, 15) is 0 Å². The van der Waals surface area contributed by atoms with Gasteiger partial charge in [0.25, 0.3) is 0 Å². The first-order chi connectivity index (χ1) is 26.8. The quantitative estimate of drug-likeness (QED) is 0.178. The molecule has 1 aromatic heterocycles. The normalized spacial score (nSPS) is 21.5. The molecule has 0 bridgehead atoms. The Morgan fingerprint density at radius 2 is 1.30 bits per heavy atom. The van der Waals surface area contributed by atoms with Gasteiger partial charge in [0.05, 0.1) is 5.41 Å². The summed E-state index contributed by atoms with van der Waals surface area (Å²) in [6.07, 6.45) is 19.0. The Kier molecular flexibility index (Phi) is 7.21. The summed E-state index contributed by atoms with van der Waals surface area (Å²) in [6.45, 7) is 0. The maximum absolute atomic E-state index is 2.63. The molecule has 2 heterocycles. The third-order valence-corrected chi connectivity index (χ3v) is 12.3. The molecule has 54 heavy (non-hydrogen) atoms. The first kappa shape index (κ1) is 31.3. The second-order valence-electron chi connectivity index (χ2n) is 15.2. The van der Waals surface area contributed by atoms with E-state index in [0.717, 1.165) is 25.7 Å². The van der Waals surface area contributed by atoms with Crippen LogP contribution in [0.25, 0.3) is 44.2 Å². The van der Waals surface area contributed by atoms with E-state index >= 15 is 0 Å². The lowest BCUT2D eigenvalue weighted by molar-refractivity contribution is -0.898. The van der Waals surface area contributed by atoms with Crippen molar-refractivity contribution in [1.82, 2.24) is 4.68 Å². The Labute approximate surface area is 317 Å². The van der Waals surface area contributed by atoms with Crippen molar-refractivity contribution in [2.75, 3.05) is 0 Å². The fourth-order valence-corrected chi connectivity index (χ4v) is 9.97. The highest BCUT2D eigenvalue weighted by molar-refractivity contribution is 6.11. The highest BCUT2D eigenvalue weighted by Gasteiger charge is 2.48. The second-order valence-corrected chi connectivity index (χ2v) is 15.2. The molecule has 0 saturated heterocycles. The van der Waals surface area contributed by atoms with E-state index in [1.54, 1.807) is 0 Å². The fourth-order valence-electron chi connectivity index (χ4n) is 9.97. The number of hydrogen-bond donors (Lipinski definition) is 1. The van der Waals surface area contributed by atoms with Crippen LogP contribution in [0.1, 0.15) is 53.5 Å². The van der Waals surface area contributed by atoms with Crippen LogP contribution in [0.2, 0.25) is 0 Å². The van der Waals surface area contributed by atoms with Crippen LogP contribution in [0, 0.1) is 0 Å². The van der Waals surface area contributed by atoms with Crippen LogP contribution in [0.5, 0.6) is 0 Å². The second kappa shape index (κ2) is 12.4. The standard InChI is InChI=1S/C52H40N2/c1-5-18-36(19-6-1)38-22-17-23-39(32-38)50-35-49(37-20-7-2-8-21-37)54(50)53-48-31-16-14-29-43(48)45-33-44-42-28-13-15-30-46(42)52(47(44)34-51(45)53,40-24-9-3-10-25-40)41-26-11-4-12-27-41/h1-3,5-11,13-16,18-21,23-35,50H,4,12,17,22H2/p+1. The summed E-state index contributed by atoms with van der Waals surface area (Å²) in [4.78, 5) is 0. The monoisotopic (exact) mass is 693 g/mol. The maximum atomic E-state index is 2.63. The SMILES string of the molecule is C1=CC(C2(c3ccccc3)c3ccccc3-c3cc4c5ccccc5n([NH+]5C(c6ccccc6)=CC5C5=CCCC(c6ccccc6)=C5)c4cc32)=CCC1. The maximum Gasteiger partial charge on any atom is 0.166 e. The Morgan fingerprint density at radius 1 is 0.574 bits per heavy atom. The largest absolute Gasteiger partial charge is 0.187 e. The number of para-hydroxylation sites is 1. The average Bonchev–Trinajstić information content (AvgIpc) is 3.71.